The molecule has 1 aliphatic rings. The summed E-state index contributed by atoms with van der Waals surface area (Å²) >= 11 is 0. The Hall–Kier alpha value is -3.40. The fraction of sp³-hybridized carbons (Fsp3) is 0.211. The molecule has 0 saturated heterocycles. The van der Waals surface area contributed by atoms with Crippen molar-refractivity contribution in [3.05, 3.63) is 60.6 Å². The van der Waals surface area contributed by atoms with Crippen LogP contribution in [0.4, 0.5) is 19.0 Å². The number of aliphatic hydroxyl groups is 1. The zero-order valence-electron chi connectivity index (χ0n) is 15.3. The molecule has 0 spiro atoms. The van der Waals surface area contributed by atoms with Crippen molar-refractivity contribution in [2.45, 2.75) is 18.8 Å². The highest BCUT2D eigenvalue weighted by Crippen LogP contribution is 2.40. The summed E-state index contributed by atoms with van der Waals surface area (Å²) in [6.45, 7) is 4.38. The summed E-state index contributed by atoms with van der Waals surface area (Å²) in [7, 11) is 1.57. The molecule has 0 bridgehead atoms. The molecule has 1 aliphatic heterocycles. The van der Waals surface area contributed by atoms with Gasteiger partial charge < -0.3 is 14.7 Å². The number of nitrogens with zero attached hydrogens (tertiary/aromatic N) is 5. The molecule has 1 unspecified atom stereocenters. The lowest BCUT2D eigenvalue weighted by atomic mass is 10.1. The lowest BCUT2D eigenvalue weighted by molar-refractivity contribution is -0.206. The molecule has 2 aromatic heterocycles. The van der Waals surface area contributed by atoms with Gasteiger partial charge in [0.15, 0.2) is 11.9 Å². The van der Waals surface area contributed by atoms with Gasteiger partial charge in [0.25, 0.3) is 0 Å². The Morgan fingerprint density at radius 2 is 1.93 bits per heavy atom. The molecule has 1 atom stereocenters. The SMILES string of the molecule is C=C1N(Cc2ccc(OC)cc2)c2ncc(C(O)C(F)(F)F)cc2-c2ncnn21. The van der Waals surface area contributed by atoms with E-state index in [9.17, 15) is 18.3 Å². The Kier molecular flexibility index (Phi) is 4.50. The molecule has 3 aromatic rings. The average molecular weight is 403 g/mol. The van der Waals surface area contributed by atoms with Crippen LogP contribution in [-0.4, -0.2) is 38.1 Å². The summed E-state index contributed by atoms with van der Waals surface area (Å²) in [5.41, 5.74) is 0.856. The van der Waals surface area contributed by atoms with Crippen LogP contribution in [0.2, 0.25) is 0 Å². The van der Waals surface area contributed by atoms with E-state index < -0.39 is 12.3 Å². The molecule has 29 heavy (non-hydrogen) atoms. The van der Waals surface area contributed by atoms with Crippen molar-refractivity contribution in [3.8, 4) is 17.1 Å². The zero-order valence-corrected chi connectivity index (χ0v) is 15.3. The number of hydrogen-bond donors (Lipinski definition) is 1. The molecule has 0 fully saturated rings. The number of methoxy groups -OCH3 is 1. The van der Waals surface area contributed by atoms with Crippen molar-refractivity contribution in [1.29, 1.82) is 0 Å². The van der Waals surface area contributed by atoms with E-state index >= 15 is 0 Å². The Bertz CT molecular complexity index is 1060. The third-order valence-electron chi connectivity index (χ3n) is 4.61. The minimum Gasteiger partial charge on any atom is -0.497 e. The Morgan fingerprint density at radius 1 is 1.21 bits per heavy atom. The summed E-state index contributed by atoms with van der Waals surface area (Å²) in [6.07, 6.45) is -5.15. The van der Waals surface area contributed by atoms with Gasteiger partial charge in [-0.25, -0.2) is 9.97 Å². The smallest absolute Gasteiger partial charge is 0.418 e. The molecule has 0 radical (unpaired) electrons. The number of fused-ring (bicyclic) bond motifs is 3. The van der Waals surface area contributed by atoms with Gasteiger partial charge in [-0.3, -0.25) is 0 Å². The van der Waals surface area contributed by atoms with E-state index in [-0.39, 0.29) is 5.56 Å². The normalized spacial score (nSPS) is 14.4. The first-order valence-electron chi connectivity index (χ1n) is 8.54. The van der Waals surface area contributed by atoms with Gasteiger partial charge in [-0.15, -0.1) is 0 Å². The van der Waals surface area contributed by atoms with Crippen molar-refractivity contribution in [1.82, 2.24) is 19.7 Å². The van der Waals surface area contributed by atoms with E-state index in [1.54, 1.807) is 24.1 Å². The van der Waals surface area contributed by atoms with Crippen molar-refractivity contribution in [2.24, 2.45) is 0 Å². The first-order valence-corrected chi connectivity index (χ1v) is 8.54. The maximum atomic E-state index is 12.9. The van der Waals surface area contributed by atoms with Crippen LogP contribution in [0.25, 0.3) is 17.2 Å². The van der Waals surface area contributed by atoms with Gasteiger partial charge in [0.05, 0.1) is 19.2 Å². The Morgan fingerprint density at radius 3 is 2.59 bits per heavy atom. The van der Waals surface area contributed by atoms with Crippen LogP contribution in [0.1, 0.15) is 17.2 Å². The second-order valence-electron chi connectivity index (χ2n) is 6.43. The first kappa shape index (κ1) is 18.9. The monoisotopic (exact) mass is 403 g/mol. The largest absolute Gasteiger partial charge is 0.497 e. The molecular formula is C19H16F3N5O2. The first-order chi connectivity index (χ1) is 13.8. The number of hydrogen-bond acceptors (Lipinski definition) is 6. The second kappa shape index (κ2) is 6.89. The van der Waals surface area contributed by atoms with Gasteiger partial charge in [-0.1, -0.05) is 18.7 Å². The predicted molar refractivity (Wildman–Crippen MR) is 98.8 cm³/mol. The van der Waals surface area contributed by atoms with Crippen LogP contribution in [0.5, 0.6) is 5.75 Å². The Balaban J connectivity index is 1.76. The summed E-state index contributed by atoms with van der Waals surface area (Å²) < 4.78 is 45.4. The minimum absolute atomic E-state index is 0.305. The van der Waals surface area contributed by atoms with Gasteiger partial charge in [0, 0.05) is 11.8 Å². The number of rotatable bonds is 4. The zero-order chi connectivity index (χ0) is 20.8. The van der Waals surface area contributed by atoms with E-state index in [0.29, 0.717) is 35.3 Å². The maximum Gasteiger partial charge on any atom is 0.418 e. The van der Waals surface area contributed by atoms with Crippen LogP contribution in [0.15, 0.2) is 49.4 Å². The maximum absolute atomic E-state index is 12.9. The molecule has 0 aliphatic carbocycles. The summed E-state index contributed by atoms with van der Waals surface area (Å²) in [4.78, 5) is 10.0. The highest BCUT2D eigenvalue weighted by molar-refractivity contribution is 5.84. The number of benzene rings is 1. The summed E-state index contributed by atoms with van der Waals surface area (Å²) in [5, 5.41) is 13.7. The minimum atomic E-state index is -4.80. The molecule has 0 saturated carbocycles. The van der Waals surface area contributed by atoms with Crippen LogP contribution < -0.4 is 9.64 Å². The highest BCUT2D eigenvalue weighted by Gasteiger charge is 2.40. The average Bonchev–Trinajstić information content (AvgIpc) is 3.20. The van der Waals surface area contributed by atoms with Crippen molar-refractivity contribution in [2.75, 3.05) is 12.0 Å². The quantitative estimate of drug-likeness (QED) is 0.720. The second-order valence-corrected chi connectivity index (χ2v) is 6.43. The van der Waals surface area contributed by atoms with Crippen LogP contribution >= 0.6 is 0 Å². The van der Waals surface area contributed by atoms with E-state index in [1.165, 1.54) is 17.1 Å². The number of anilines is 1. The third kappa shape index (κ3) is 3.31. The molecule has 150 valence electrons. The lowest BCUT2D eigenvalue weighted by Crippen LogP contribution is -2.30. The molecule has 0 amide bonds. The molecule has 4 rings (SSSR count). The topological polar surface area (TPSA) is 76.3 Å². The van der Waals surface area contributed by atoms with Gasteiger partial charge in [0.2, 0.25) is 0 Å². The van der Waals surface area contributed by atoms with E-state index in [1.807, 2.05) is 12.1 Å². The molecule has 7 nitrogen and oxygen atoms in total. The van der Waals surface area contributed by atoms with Crippen molar-refractivity contribution >= 4 is 11.6 Å². The number of ether oxygens (including phenoxy) is 1. The molecule has 1 N–H and O–H groups in total. The molecule has 10 heteroatoms. The number of aliphatic hydroxyl groups excluding tert-OH is 1. The number of aromatic nitrogens is 4. The predicted octanol–water partition coefficient (Wildman–Crippen LogP) is 3.39. The standard InChI is InChI=1S/C19H16F3N5O2/c1-11-26(9-12-3-5-14(29-2)6-4-12)17-15(18-24-10-25-27(11)18)7-13(8-23-17)16(28)19(20,21)22/h3-8,10,16,28H,1,9H2,2H3. The van der Waals surface area contributed by atoms with Gasteiger partial charge in [0.1, 0.15) is 23.7 Å². The molecule has 3 heterocycles. The van der Waals surface area contributed by atoms with E-state index in [0.717, 1.165) is 11.8 Å². The molecular weight excluding hydrogens is 387 g/mol. The van der Waals surface area contributed by atoms with Crippen LogP contribution in [0.3, 0.4) is 0 Å². The van der Waals surface area contributed by atoms with Gasteiger partial charge >= 0.3 is 6.18 Å². The third-order valence-corrected chi connectivity index (χ3v) is 4.61. The number of alkyl halides is 3. The van der Waals surface area contributed by atoms with Crippen molar-refractivity contribution < 1.29 is 23.0 Å². The molecule has 1 aromatic carbocycles. The fourth-order valence-corrected chi connectivity index (χ4v) is 3.12. The number of pyridine rings is 1. The van der Waals surface area contributed by atoms with Crippen LogP contribution in [-0.2, 0) is 6.54 Å². The van der Waals surface area contributed by atoms with E-state index in [2.05, 4.69) is 21.6 Å². The van der Waals surface area contributed by atoms with Gasteiger partial charge in [-0.05, 0) is 23.8 Å². The van der Waals surface area contributed by atoms with Crippen molar-refractivity contribution in [3.63, 3.8) is 0 Å². The summed E-state index contributed by atoms with van der Waals surface area (Å²) in [6, 6.07) is 8.57. The number of halogens is 3. The lowest BCUT2D eigenvalue weighted by Gasteiger charge is -2.32. The van der Waals surface area contributed by atoms with Gasteiger partial charge in [-0.2, -0.15) is 23.0 Å². The van der Waals surface area contributed by atoms with E-state index in [4.69, 9.17) is 4.74 Å². The highest BCUT2D eigenvalue weighted by atomic mass is 19.4. The Labute approximate surface area is 163 Å². The fourth-order valence-electron chi connectivity index (χ4n) is 3.12. The summed E-state index contributed by atoms with van der Waals surface area (Å²) in [5.74, 6) is 1.84. The van der Waals surface area contributed by atoms with Crippen LogP contribution in [0, 0.1) is 0 Å².